The molecule has 1 aromatic heterocycles. The number of imidazole rings is 1. The van der Waals surface area contributed by atoms with Crippen molar-refractivity contribution >= 4 is 36.3 Å². The molecule has 0 saturated carbocycles. The fourth-order valence-electron chi connectivity index (χ4n) is 2.42. The van der Waals surface area contributed by atoms with Crippen LogP contribution in [0.3, 0.4) is 0 Å². The maximum absolute atomic E-state index is 12.6. The molecule has 0 spiro atoms. The molecule has 4 unspecified atom stereocenters. The average molecular weight is 445 g/mol. The number of aromatic nitrogens is 2. The van der Waals surface area contributed by atoms with Gasteiger partial charge in [0.05, 0.1) is 12.9 Å². The van der Waals surface area contributed by atoms with E-state index in [0.717, 1.165) is 0 Å². The molecule has 168 valence electrons. The van der Waals surface area contributed by atoms with Crippen LogP contribution in [0.25, 0.3) is 0 Å². The Morgan fingerprint density at radius 3 is 2.23 bits per heavy atom. The number of rotatable bonds is 12. The van der Waals surface area contributed by atoms with Gasteiger partial charge in [0.25, 0.3) is 0 Å². The summed E-state index contributed by atoms with van der Waals surface area (Å²) < 4.78 is 0. The third kappa shape index (κ3) is 7.65. The summed E-state index contributed by atoms with van der Waals surface area (Å²) in [5.74, 6) is -3.85. The Bertz CT molecular complexity index is 728. The number of hydrogen-bond acceptors (Lipinski definition) is 8. The smallest absolute Gasteiger partial charge is 0.326 e. The highest BCUT2D eigenvalue weighted by atomic mass is 32.1. The molecule has 0 aliphatic carbocycles. The van der Waals surface area contributed by atoms with E-state index in [-0.39, 0.29) is 18.1 Å². The molecular weight excluding hydrogens is 416 g/mol. The standard InChI is InChI=1S/C17H28N6O6S/c1-8(2)13(23-14(25)10(18)5-24)16(27)22-12(6-30)15(26)21-11(17(28)29)3-9-4-19-7-20-9/h4,7-8,10-13,24,30H,3,5-6,18H2,1-2H3,(H,19,20)(H,21,26)(H,22,27)(H,23,25)(H,28,29). The Morgan fingerprint density at radius 2 is 1.77 bits per heavy atom. The highest BCUT2D eigenvalue weighted by Crippen LogP contribution is 2.05. The monoisotopic (exact) mass is 444 g/mol. The number of thiol groups is 1. The second-order valence-corrected chi connectivity index (χ2v) is 7.31. The molecule has 0 radical (unpaired) electrons. The fourth-order valence-corrected chi connectivity index (χ4v) is 2.68. The summed E-state index contributed by atoms with van der Waals surface area (Å²) in [4.78, 5) is 55.1. The zero-order valence-electron chi connectivity index (χ0n) is 16.7. The summed E-state index contributed by atoms with van der Waals surface area (Å²) in [6, 6.07) is -4.61. The number of nitrogens with one attached hydrogen (secondary N) is 4. The maximum Gasteiger partial charge on any atom is 0.326 e. The van der Waals surface area contributed by atoms with Crippen LogP contribution in [-0.4, -0.2) is 80.4 Å². The van der Waals surface area contributed by atoms with Crippen LogP contribution in [0.5, 0.6) is 0 Å². The predicted molar refractivity (Wildman–Crippen MR) is 109 cm³/mol. The van der Waals surface area contributed by atoms with Gasteiger partial charge in [0.2, 0.25) is 17.7 Å². The van der Waals surface area contributed by atoms with E-state index in [1.165, 1.54) is 12.5 Å². The lowest BCUT2D eigenvalue weighted by molar-refractivity contribution is -0.142. The lowest BCUT2D eigenvalue weighted by atomic mass is 10.0. The minimum absolute atomic E-state index is 0.0297. The minimum atomic E-state index is -1.26. The Hall–Kier alpha value is -2.64. The molecule has 1 rings (SSSR count). The van der Waals surface area contributed by atoms with Crippen molar-refractivity contribution in [3.8, 4) is 0 Å². The summed E-state index contributed by atoms with van der Waals surface area (Å²) >= 11 is 4.05. The van der Waals surface area contributed by atoms with Crippen LogP contribution in [0.2, 0.25) is 0 Å². The van der Waals surface area contributed by atoms with Gasteiger partial charge in [-0.3, -0.25) is 14.4 Å². The van der Waals surface area contributed by atoms with Gasteiger partial charge in [-0.1, -0.05) is 13.8 Å². The number of carboxylic acids is 1. The molecule has 0 aliphatic rings. The number of nitrogens with zero attached hydrogens (tertiary/aromatic N) is 1. The van der Waals surface area contributed by atoms with Crippen molar-refractivity contribution in [2.75, 3.05) is 12.4 Å². The number of nitrogens with two attached hydrogens (primary N) is 1. The number of aliphatic hydroxyl groups excluding tert-OH is 1. The van der Waals surface area contributed by atoms with E-state index in [0.29, 0.717) is 5.69 Å². The molecule has 13 heteroatoms. The van der Waals surface area contributed by atoms with Crippen LogP contribution < -0.4 is 21.7 Å². The van der Waals surface area contributed by atoms with Crippen molar-refractivity contribution in [2.24, 2.45) is 11.7 Å². The van der Waals surface area contributed by atoms with Crippen molar-refractivity contribution in [3.05, 3.63) is 18.2 Å². The van der Waals surface area contributed by atoms with E-state index in [1.807, 2.05) is 0 Å². The van der Waals surface area contributed by atoms with Crippen molar-refractivity contribution < 1.29 is 29.4 Å². The van der Waals surface area contributed by atoms with Crippen LogP contribution in [0, 0.1) is 5.92 Å². The molecule has 0 aromatic carbocycles. The van der Waals surface area contributed by atoms with Crippen LogP contribution in [0.1, 0.15) is 19.5 Å². The molecule has 12 nitrogen and oxygen atoms in total. The number of carbonyl (C=O) groups is 4. The molecule has 8 N–H and O–H groups in total. The third-order valence-electron chi connectivity index (χ3n) is 4.19. The average Bonchev–Trinajstić information content (AvgIpc) is 3.21. The van der Waals surface area contributed by atoms with Crippen molar-refractivity contribution in [1.82, 2.24) is 25.9 Å². The van der Waals surface area contributed by atoms with Gasteiger partial charge in [0.15, 0.2) is 0 Å². The Morgan fingerprint density at radius 1 is 1.13 bits per heavy atom. The lowest BCUT2D eigenvalue weighted by Crippen LogP contribution is -2.59. The number of carboxylic acid groups (broad SMARTS) is 1. The highest BCUT2D eigenvalue weighted by Gasteiger charge is 2.31. The molecule has 1 heterocycles. The van der Waals surface area contributed by atoms with Crippen LogP contribution in [0.15, 0.2) is 12.5 Å². The predicted octanol–water partition coefficient (Wildman–Crippen LogP) is -2.60. The van der Waals surface area contributed by atoms with E-state index in [4.69, 9.17) is 10.8 Å². The molecule has 30 heavy (non-hydrogen) atoms. The first-order valence-electron chi connectivity index (χ1n) is 9.19. The zero-order chi connectivity index (χ0) is 22.8. The maximum atomic E-state index is 12.6. The molecule has 4 atom stereocenters. The number of aliphatic carboxylic acids is 1. The van der Waals surface area contributed by atoms with Crippen LogP contribution in [0.4, 0.5) is 0 Å². The fraction of sp³-hybridized carbons (Fsp3) is 0.588. The first-order chi connectivity index (χ1) is 14.1. The highest BCUT2D eigenvalue weighted by molar-refractivity contribution is 7.80. The topological polar surface area (TPSA) is 200 Å². The molecule has 0 aliphatic heterocycles. The van der Waals surface area contributed by atoms with Crippen molar-refractivity contribution in [2.45, 2.75) is 44.4 Å². The quantitative estimate of drug-likeness (QED) is 0.160. The second kappa shape index (κ2) is 12.1. The molecule has 0 saturated heterocycles. The summed E-state index contributed by atoms with van der Waals surface area (Å²) in [5, 5.41) is 25.6. The molecular formula is C17H28N6O6S. The number of carbonyl (C=O) groups excluding carboxylic acids is 3. The van der Waals surface area contributed by atoms with Gasteiger partial charge in [0.1, 0.15) is 24.2 Å². The van der Waals surface area contributed by atoms with E-state index in [1.54, 1.807) is 13.8 Å². The van der Waals surface area contributed by atoms with E-state index < -0.39 is 54.5 Å². The van der Waals surface area contributed by atoms with Crippen LogP contribution in [-0.2, 0) is 25.6 Å². The first kappa shape index (κ1) is 25.4. The first-order valence-corrected chi connectivity index (χ1v) is 9.82. The Kier molecular flexibility index (Phi) is 10.3. The van der Waals surface area contributed by atoms with Gasteiger partial charge in [-0.2, -0.15) is 12.6 Å². The van der Waals surface area contributed by atoms with E-state index in [2.05, 4.69) is 38.5 Å². The summed E-state index contributed by atoms with van der Waals surface area (Å²) in [7, 11) is 0. The number of aromatic amines is 1. The van der Waals surface area contributed by atoms with Gasteiger partial charge < -0.3 is 36.9 Å². The summed E-state index contributed by atoms with van der Waals surface area (Å²) in [6.45, 7) is 2.76. The number of hydrogen-bond donors (Lipinski definition) is 8. The van der Waals surface area contributed by atoms with Gasteiger partial charge in [-0.25, -0.2) is 9.78 Å². The second-order valence-electron chi connectivity index (χ2n) is 6.94. The zero-order valence-corrected chi connectivity index (χ0v) is 17.6. The van der Waals surface area contributed by atoms with Gasteiger partial charge in [0, 0.05) is 24.1 Å². The molecule has 0 fully saturated rings. The Labute approximate surface area is 178 Å². The molecule has 3 amide bonds. The largest absolute Gasteiger partial charge is 0.480 e. The van der Waals surface area contributed by atoms with Crippen LogP contribution >= 0.6 is 12.6 Å². The Balaban J connectivity index is 2.80. The van der Waals surface area contributed by atoms with Crippen molar-refractivity contribution in [3.63, 3.8) is 0 Å². The summed E-state index contributed by atoms with van der Waals surface area (Å²) in [5.41, 5.74) is 5.96. The summed E-state index contributed by atoms with van der Waals surface area (Å²) in [6.07, 6.45) is 2.79. The minimum Gasteiger partial charge on any atom is -0.480 e. The normalized spacial score (nSPS) is 15.0. The number of amides is 3. The van der Waals surface area contributed by atoms with Crippen molar-refractivity contribution in [1.29, 1.82) is 0 Å². The SMILES string of the molecule is CC(C)C(NC(=O)C(N)CO)C(=O)NC(CS)C(=O)NC(Cc1cnc[nH]1)C(=O)O. The van der Waals surface area contributed by atoms with E-state index in [9.17, 15) is 24.3 Å². The van der Waals surface area contributed by atoms with Gasteiger partial charge in [-0.15, -0.1) is 0 Å². The lowest BCUT2D eigenvalue weighted by Gasteiger charge is -2.26. The van der Waals surface area contributed by atoms with Gasteiger partial charge in [-0.05, 0) is 5.92 Å². The molecule has 0 bridgehead atoms. The third-order valence-corrected chi connectivity index (χ3v) is 4.55. The van der Waals surface area contributed by atoms with Gasteiger partial charge >= 0.3 is 5.97 Å². The number of H-pyrrole nitrogens is 1. The number of aliphatic hydroxyl groups is 1. The van der Waals surface area contributed by atoms with E-state index >= 15 is 0 Å². The molecule has 1 aromatic rings.